The van der Waals surface area contributed by atoms with Crippen LogP contribution in [-0.4, -0.2) is 46.6 Å². The maximum absolute atomic E-state index is 11.8. The van der Waals surface area contributed by atoms with Gasteiger partial charge in [-0.25, -0.2) is 9.59 Å². The Morgan fingerprint density at radius 2 is 1.90 bits per heavy atom. The number of hydrogen-bond donors (Lipinski definition) is 0. The van der Waals surface area contributed by atoms with Gasteiger partial charge in [0.1, 0.15) is 6.10 Å². The third kappa shape index (κ3) is 4.46. The molecule has 1 heterocycles. The van der Waals surface area contributed by atoms with Crippen molar-refractivity contribution in [2.75, 3.05) is 34.5 Å². The second-order valence-corrected chi connectivity index (χ2v) is 4.88. The summed E-state index contributed by atoms with van der Waals surface area (Å²) in [6.45, 7) is 0.504. The van der Waals surface area contributed by atoms with E-state index in [0.29, 0.717) is 3.57 Å². The molecule has 0 aliphatic carbocycles. The normalized spacial score (nSPS) is 10.7. The molecule has 0 aromatic carbocycles. The number of halogens is 1. The molecule has 0 bridgehead atoms. The summed E-state index contributed by atoms with van der Waals surface area (Å²) in [6.07, 6.45) is -0.453. The van der Waals surface area contributed by atoms with Gasteiger partial charge in [-0.15, -0.1) is 0 Å². The molecule has 8 heteroatoms. The quantitative estimate of drug-likeness (QED) is 0.502. The van der Waals surface area contributed by atoms with Crippen LogP contribution in [0.15, 0.2) is 15.3 Å². The van der Waals surface area contributed by atoms with E-state index in [9.17, 15) is 9.59 Å². The molecule has 20 heavy (non-hydrogen) atoms. The summed E-state index contributed by atoms with van der Waals surface area (Å²) < 4.78 is 25.2. The predicted octanol–water partition coefficient (Wildman–Crippen LogP) is 1.07. The number of rotatable bonds is 7. The van der Waals surface area contributed by atoms with Gasteiger partial charge < -0.3 is 23.4 Å². The van der Waals surface area contributed by atoms with Crippen molar-refractivity contribution in [2.24, 2.45) is 0 Å². The van der Waals surface area contributed by atoms with Crippen molar-refractivity contribution < 1.29 is 28.2 Å². The summed E-state index contributed by atoms with van der Waals surface area (Å²) in [5, 5.41) is 0. The smallest absolute Gasteiger partial charge is 0.380 e. The first-order chi connectivity index (χ1) is 9.53. The molecule has 0 amide bonds. The van der Waals surface area contributed by atoms with Crippen LogP contribution >= 0.6 is 22.6 Å². The van der Waals surface area contributed by atoms with Crippen molar-refractivity contribution in [3.8, 4) is 5.75 Å². The fourth-order valence-corrected chi connectivity index (χ4v) is 2.04. The van der Waals surface area contributed by atoms with E-state index in [2.05, 4.69) is 4.74 Å². The van der Waals surface area contributed by atoms with Crippen LogP contribution in [0.2, 0.25) is 0 Å². The van der Waals surface area contributed by atoms with Gasteiger partial charge in [0.05, 0.1) is 23.9 Å². The van der Waals surface area contributed by atoms with Gasteiger partial charge >= 0.3 is 11.6 Å². The van der Waals surface area contributed by atoms with E-state index >= 15 is 0 Å². The van der Waals surface area contributed by atoms with E-state index in [4.69, 9.17) is 18.6 Å². The van der Waals surface area contributed by atoms with E-state index in [1.807, 2.05) is 22.6 Å². The highest BCUT2D eigenvalue weighted by Crippen LogP contribution is 2.19. The molecule has 0 spiro atoms. The molecule has 0 aliphatic heterocycles. The minimum atomic E-state index is -0.755. The van der Waals surface area contributed by atoms with Crippen LogP contribution in [0, 0.1) is 3.57 Å². The molecule has 0 aliphatic rings. The lowest BCUT2D eigenvalue weighted by molar-refractivity contribution is 0.0217. The predicted molar refractivity (Wildman–Crippen MR) is 77.2 cm³/mol. The Morgan fingerprint density at radius 3 is 2.35 bits per heavy atom. The van der Waals surface area contributed by atoms with Crippen LogP contribution < -0.4 is 10.4 Å². The fraction of sp³-hybridized carbons (Fsp3) is 0.500. The molecule has 0 radical (unpaired) electrons. The van der Waals surface area contributed by atoms with Crippen molar-refractivity contribution >= 4 is 28.6 Å². The maximum atomic E-state index is 11.8. The first kappa shape index (κ1) is 16.9. The van der Waals surface area contributed by atoms with Gasteiger partial charge in [0.15, 0.2) is 0 Å². The van der Waals surface area contributed by atoms with Gasteiger partial charge in [-0.05, 0) is 22.6 Å². The largest absolute Gasteiger partial charge is 0.478 e. The van der Waals surface area contributed by atoms with Crippen molar-refractivity contribution in [1.29, 1.82) is 0 Å². The number of esters is 1. The average molecular weight is 398 g/mol. The average Bonchev–Trinajstić information content (AvgIpc) is 2.42. The molecule has 0 unspecified atom stereocenters. The standard InChI is InChI=1S/C12H15IO7/c1-16-5-7(6-17-2)19-10-8(13)4-9(11(14)18-3)20-12(10)15/h4,7H,5-6H2,1-3H3. The van der Waals surface area contributed by atoms with Crippen LogP contribution in [0.3, 0.4) is 0 Å². The molecule has 1 aromatic heterocycles. The molecule has 1 aromatic rings. The van der Waals surface area contributed by atoms with Crippen molar-refractivity contribution in [3.63, 3.8) is 0 Å². The summed E-state index contributed by atoms with van der Waals surface area (Å²) in [4.78, 5) is 23.2. The summed E-state index contributed by atoms with van der Waals surface area (Å²) in [5.41, 5.74) is -0.755. The Balaban J connectivity index is 3.01. The second-order valence-electron chi connectivity index (χ2n) is 3.72. The van der Waals surface area contributed by atoms with E-state index in [1.165, 1.54) is 27.4 Å². The zero-order valence-electron chi connectivity index (χ0n) is 11.3. The monoisotopic (exact) mass is 398 g/mol. The topological polar surface area (TPSA) is 84.2 Å². The highest BCUT2D eigenvalue weighted by molar-refractivity contribution is 14.1. The number of carbonyl (C=O) groups excluding carboxylic acids is 1. The van der Waals surface area contributed by atoms with Gasteiger partial charge in [-0.2, -0.15) is 0 Å². The van der Waals surface area contributed by atoms with Gasteiger partial charge in [0, 0.05) is 20.3 Å². The van der Waals surface area contributed by atoms with Crippen molar-refractivity contribution in [1.82, 2.24) is 0 Å². The maximum Gasteiger partial charge on any atom is 0.380 e. The second kappa shape index (κ2) is 8.22. The molecule has 112 valence electrons. The molecule has 0 N–H and O–H groups in total. The van der Waals surface area contributed by atoms with Gasteiger partial charge in [0.2, 0.25) is 11.5 Å². The SMILES string of the molecule is COCC(COC)Oc1c(I)cc(C(=O)OC)oc1=O. The lowest BCUT2D eigenvalue weighted by Crippen LogP contribution is -2.30. The summed E-state index contributed by atoms with van der Waals surface area (Å²) in [5.74, 6) is -0.890. The molecule has 0 saturated heterocycles. The highest BCUT2D eigenvalue weighted by atomic mass is 127. The van der Waals surface area contributed by atoms with Crippen LogP contribution in [0.5, 0.6) is 5.75 Å². The number of ether oxygens (including phenoxy) is 4. The number of hydrogen-bond acceptors (Lipinski definition) is 7. The minimum Gasteiger partial charge on any atom is -0.478 e. The molecular formula is C12H15IO7. The van der Waals surface area contributed by atoms with Crippen LogP contribution in [0.25, 0.3) is 0 Å². The Bertz CT molecular complexity index is 505. The van der Waals surface area contributed by atoms with E-state index in [1.54, 1.807) is 0 Å². The van der Waals surface area contributed by atoms with Gasteiger partial charge in [-0.3, -0.25) is 0 Å². The molecule has 7 nitrogen and oxygen atoms in total. The molecule has 0 fully saturated rings. The Labute approximate surface area is 129 Å². The van der Waals surface area contributed by atoms with Crippen molar-refractivity contribution in [2.45, 2.75) is 6.10 Å². The Kier molecular flexibility index (Phi) is 6.96. The number of carbonyl (C=O) groups is 1. The zero-order valence-corrected chi connectivity index (χ0v) is 13.5. The Morgan fingerprint density at radius 1 is 1.30 bits per heavy atom. The third-order valence-electron chi connectivity index (χ3n) is 2.24. The minimum absolute atomic E-state index is 0.0114. The molecular weight excluding hydrogens is 383 g/mol. The third-order valence-corrected chi connectivity index (χ3v) is 3.04. The van der Waals surface area contributed by atoms with E-state index in [0.717, 1.165) is 0 Å². The Hall–Kier alpha value is -1.13. The first-order valence-corrected chi connectivity index (χ1v) is 6.67. The summed E-state index contributed by atoms with van der Waals surface area (Å²) in [6, 6.07) is 1.37. The number of methoxy groups -OCH3 is 3. The summed E-state index contributed by atoms with van der Waals surface area (Å²) >= 11 is 1.88. The van der Waals surface area contributed by atoms with Crippen LogP contribution in [-0.2, 0) is 14.2 Å². The molecule has 1 rings (SSSR count). The van der Waals surface area contributed by atoms with Crippen LogP contribution in [0.1, 0.15) is 10.6 Å². The lowest BCUT2D eigenvalue weighted by Gasteiger charge is -2.17. The highest BCUT2D eigenvalue weighted by Gasteiger charge is 2.20. The van der Waals surface area contributed by atoms with Crippen LogP contribution in [0.4, 0.5) is 0 Å². The summed E-state index contributed by atoms with van der Waals surface area (Å²) in [7, 11) is 4.23. The molecule has 0 atom stereocenters. The fourth-order valence-electron chi connectivity index (χ4n) is 1.41. The van der Waals surface area contributed by atoms with E-state index in [-0.39, 0.29) is 24.7 Å². The first-order valence-electron chi connectivity index (χ1n) is 5.60. The zero-order chi connectivity index (χ0) is 15.1. The lowest BCUT2D eigenvalue weighted by atomic mass is 10.3. The van der Waals surface area contributed by atoms with E-state index < -0.39 is 17.7 Å². The van der Waals surface area contributed by atoms with Gasteiger partial charge in [-0.1, -0.05) is 0 Å². The van der Waals surface area contributed by atoms with Gasteiger partial charge in [0.25, 0.3) is 0 Å². The molecule has 0 saturated carbocycles. The van der Waals surface area contributed by atoms with Crippen molar-refractivity contribution in [3.05, 3.63) is 25.8 Å².